The number of rotatable bonds is 8. The van der Waals surface area contributed by atoms with Gasteiger partial charge < -0.3 is 10.6 Å². The maximum Gasteiger partial charge on any atom is 0.242 e. The topological polar surface area (TPSA) is 95.5 Å². The van der Waals surface area contributed by atoms with E-state index in [9.17, 15) is 17.2 Å². The van der Waals surface area contributed by atoms with Gasteiger partial charge in [0, 0.05) is 25.5 Å². The van der Waals surface area contributed by atoms with Gasteiger partial charge in [0.05, 0.1) is 12.6 Å². The summed E-state index contributed by atoms with van der Waals surface area (Å²) in [4.78, 5) is 8.17. The molecule has 10 heteroatoms. The van der Waals surface area contributed by atoms with Gasteiger partial charge in [-0.25, -0.2) is 21.9 Å². The fourth-order valence-electron chi connectivity index (χ4n) is 2.33. The summed E-state index contributed by atoms with van der Waals surface area (Å²) >= 11 is 0. The number of aromatic nitrogens is 1. The zero-order valence-electron chi connectivity index (χ0n) is 15.6. The standard InChI is InChI=1S/C18H23F2N5O2S/c1-3-22-18(25-13(2)14-6-7-16(19)17(20)11-14)23-9-10-24-28(26,27)15-5-4-8-21-12-15/h4-8,11-13,24H,3,9-10H2,1-2H3,(H2,22,23,25). The van der Waals surface area contributed by atoms with Gasteiger partial charge in [0.1, 0.15) is 4.90 Å². The molecule has 1 aromatic heterocycles. The highest BCUT2D eigenvalue weighted by Crippen LogP contribution is 2.15. The Hall–Kier alpha value is -2.59. The minimum atomic E-state index is -3.65. The van der Waals surface area contributed by atoms with Crippen LogP contribution >= 0.6 is 0 Å². The number of sulfonamides is 1. The predicted octanol–water partition coefficient (Wildman–Crippen LogP) is 1.95. The molecule has 1 atom stereocenters. The number of pyridine rings is 1. The SMILES string of the molecule is CCNC(=NCCNS(=O)(=O)c1cccnc1)NC(C)c1ccc(F)c(F)c1. The number of benzene rings is 1. The van der Waals surface area contributed by atoms with Gasteiger partial charge >= 0.3 is 0 Å². The summed E-state index contributed by atoms with van der Waals surface area (Å²) in [5.74, 6) is -1.39. The van der Waals surface area contributed by atoms with Crippen molar-refractivity contribution in [3.63, 3.8) is 0 Å². The Morgan fingerprint density at radius 2 is 2.04 bits per heavy atom. The summed E-state index contributed by atoms with van der Waals surface area (Å²) in [6, 6.07) is 6.34. The van der Waals surface area contributed by atoms with E-state index < -0.39 is 21.7 Å². The van der Waals surface area contributed by atoms with Crippen molar-refractivity contribution in [1.82, 2.24) is 20.3 Å². The lowest BCUT2D eigenvalue weighted by atomic mass is 10.1. The molecule has 0 fully saturated rings. The number of nitrogens with zero attached hydrogens (tertiary/aromatic N) is 2. The summed E-state index contributed by atoms with van der Waals surface area (Å²) < 4.78 is 53.2. The Morgan fingerprint density at radius 3 is 2.68 bits per heavy atom. The molecule has 1 unspecified atom stereocenters. The van der Waals surface area contributed by atoms with Crippen LogP contribution in [0.2, 0.25) is 0 Å². The van der Waals surface area contributed by atoms with Crippen molar-refractivity contribution in [3.8, 4) is 0 Å². The van der Waals surface area contributed by atoms with Gasteiger partial charge in [-0.3, -0.25) is 9.98 Å². The zero-order chi connectivity index (χ0) is 20.6. The number of guanidine groups is 1. The Bertz CT molecular complexity index is 907. The van der Waals surface area contributed by atoms with Crippen LogP contribution in [0.25, 0.3) is 0 Å². The van der Waals surface area contributed by atoms with Crippen LogP contribution in [0.15, 0.2) is 52.6 Å². The quantitative estimate of drug-likeness (QED) is 0.351. The van der Waals surface area contributed by atoms with Gasteiger partial charge in [-0.15, -0.1) is 0 Å². The third-order valence-corrected chi connectivity index (χ3v) is 5.21. The van der Waals surface area contributed by atoms with Gasteiger partial charge in [-0.05, 0) is 43.7 Å². The molecule has 0 radical (unpaired) electrons. The molecule has 0 amide bonds. The molecule has 152 valence electrons. The molecule has 0 aliphatic rings. The van der Waals surface area contributed by atoms with E-state index in [4.69, 9.17) is 0 Å². The van der Waals surface area contributed by atoms with Crippen molar-refractivity contribution in [2.75, 3.05) is 19.6 Å². The molecular formula is C18H23F2N5O2S. The van der Waals surface area contributed by atoms with E-state index >= 15 is 0 Å². The lowest BCUT2D eigenvalue weighted by molar-refractivity contribution is 0.504. The first-order valence-electron chi connectivity index (χ1n) is 8.73. The lowest BCUT2D eigenvalue weighted by Gasteiger charge is -2.18. The van der Waals surface area contributed by atoms with E-state index in [2.05, 4.69) is 25.3 Å². The first-order chi connectivity index (χ1) is 13.3. The van der Waals surface area contributed by atoms with Gasteiger partial charge in [-0.1, -0.05) is 6.07 Å². The van der Waals surface area contributed by atoms with E-state index in [1.165, 1.54) is 24.5 Å². The molecular weight excluding hydrogens is 388 g/mol. The van der Waals surface area contributed by atoms with Crippen LogP contribution in [0.4, 0.5) is 8.78 Å². The van der Waals surface area contributed by atoms with Crippen molar-refractivity contribution in [2.45, 2.75) is 24.8 Å². The molecule has 3 N–H and O–H groups in total. The third kappa shape index (κ3) is 6.24. The van der Waals surface area contributed by atoms with Crippen LogP contribution in [-0.2, 0) is 10.0 Å². The molecule has 1 aromatic carbocycles. The molecule has 0 saturated carbocycles. The smallest absolute Gasteiger partial charge is 0.242 e. The lowest BCUT2D eigenvalue weighted by Crippen LogP contribution is -2.39. The molecule has 1 heterocycles. The van der Waals surface area contributed by atoms with Crippen LogP contribution in [0.5, 0.6) is 0 Å². The highest BCUT2D eigenvalue weighted by Gasteiger charge is 2.13. The van der Waals surface area contributed by atoms with E-state index in [1.54, 1.807) is 13.0 Å². The van der Waals surface area contributed by atoms with Gasteiger partial charge in [0.15, 0.2) is 17.6 Å². The molecule has 0 aliphatic carbocycles. The van der Waals surface area contributed by atoms with Crippen molar-refractivity contribution < 1.29 is 17.2 Å². The second-order valence-corrected chi connectivity index (χ2v) is 7.65. The summed E-state index contributed by atoms with van der Waals surface area (Å²) in [5, 5.41) is 6.10. The molecule has 2 rings (SSSR count). The third-order valence-electron chi connectivity index (χ3n) is 3.76. The largest absolute Gasteiger partial charge is 0.357 e. The fourth-order valence-corrected chi connectivity index (χ4v) is 3.31. The average molecular weight is 411 g/mol. The number of halogens is 2. The minimum absolute atomic E-state index is 0.0796. The average Bonchev–Trinajstić information content (AvgIpc) is 2.68. The normalized spacial score (nSPS) is 13.2. The number of aliphatic imine (C=N–C) groups is 1. The van der Waals surface area contributed by atoms with E-state index in [0.717, 1.165) is 12.1 Å². The summed E-state index contributed by atoms with van der Waals surface area (Å²) in [6.45, 7) is 4.51. The zero-order valence-corrected chi connectivity index (χ0v) is 16.4. The van der Waals surface area contributed by atoms with Crippen molar-refractivity contribution in [3.05, 3.63) is 59.9 Å². The van der Waals surface area contributed by atoms with Gasteiger partial charge in [-0.2, -0.15) is 0 Å². The highest BCUT2D eigenvalue weighted by molar-refractivity contribution is 7.89. The van der Waals surface area contributed by atoms with E-state index in [1.807, 2.05) is 6.92 Å². The van der Waals surface area contributed by atoms with E-state index in [0.29, 0.717) is 18.1 Å². The van der Waals surface area contributed by atoms with E-state index in [-0.39, 0.29) is 24.0 Å². The highest BCUT2D eigenvalue weighted by atomic mass is 32.2. The summed E-state index contributed by atoms with van der Waals surface area (Å²) in [7, 11) is -3.65. The molecule has 0 spiro atoms. The van der Waals surface area contributed by atoms with Crippen molar-refractivity contribution >= 4 is 16.0 Å². The number of nitrogens with one attached hydrogen (secondary N) is 3. The number of hydrogen-bond donors (Lipinski definition) is 3. The molecule has 28 heavy (non-hydrogen) atoms. The summed E-state index contributed by atoms with van der Waals surface area (Å²) in [5.41, 5.74) is 0.557. The Labute approximate surface area is 163 Å². The van der Waals surface area contributed by atoms with Crippen LogP contribution in [0.3, 0.4) is 0 Å². The number of hydrogen-bond acceptors (Lipinski definition) is 4. The fraction of sp³-hybridized carbons (Fsp3) is 0.333. The minimum Gasteiger partial charge on any atom is -0.357 e. The molecule has 0 saturated heterocycles. The van der Waals surface area contributed by atoms with Gasteiger partial charge in [0.2, 0.25) is 10.0 Å². The van der Waals surface area contributed by atoms with Crippen LogP contribution in [-0.4, -0.2) is 39.0 Å². The predicted molar refractivity (Wildman–Crippen MR) is 103 cm³/mol. The van der Waals surface area contributed by atoms with Crippen LogP contribution < -0.4 is 15.4 Å². The monoisotopic (exact) mass is 411 g/mol. The molecule has 7 nitrogen and oxygen atoms in total. The maximum atomic E-state index is 13.4. The molecule has 0 aliphatic heterocycles. The van der Waals surface area contributed by atoms with Crippen LogP contribution in [0, 0.1) is 11.6 Å². The van der Waals surface area contributed by atoms with Crippen molar-refractivity contribution in [2.24, 2.45) is 4.99 Å². The maximum absolute atomic E-state index is 13.4. The van der Waals surface area contributed by atoms with Crippen molar-refractivity contribution in [1.29, 1.82) is 0 Å². The summed E-state index contributed by atoms with van der Waals surface area (Å²) in [6.07, 6.45) is 2.76. The molecule has 2 aromatic rings. The van der Waals surface area contributed by atoms with Gasteiger partial charge in [0.25, 0.3) is 0 Å². The Kier molecular flexibility index (Phi) is 7.82. The Morgan fingerprint density at radius 1 is 1.25 bits per heavy atom. The Balaban J connectivity index is 1.95. The second kappa shape index (κ2) is 10.1. The second-order valence-electron chi connectivity index (χ2n) is 5.89. The van der Waals surface area contributed by atoms with Crippen LogP contribution in [0.1, 0.15) is 25.5 Å². The first kappa shape index (κ1) is 21.7. The molecule has 0 bridgehead atoms. The first-order valence-corrected chi connectivity index (χ1v) is 10.2.